The summed E-state index contributed by atoms with van der Waals surface area (Å²) in [5, 5.41) is 8.63. The number of carbonyl (C=O) groups is 5. The summed E-state index contributed by atoms with van der Waals surface area (Å²) in [5.41, 5.74) is 0. The minimum atomic E-state index is -1.72. The molecule has 0 heterocycles. The Bertz CT molecular complexity index is 628. The first-order valence-corrected chi connectivity index (χ1v) is 13.3. The SMILES string of the molecule is O=CC(Cl)(Cl)Cl.O=CC(Cl)(Cl)Cl.O=CC(Cl)(Cl)Cl.O=CC(Cl)(Cl)Cl.O=CC(Cl)(Cl)Cl.Oc1ccccc1. The van der Waals surface area contributed by atoms with Gasteiger partial charge in [0.1, 0.15) is 5.75 Å². The van der Waals surface area contributed by atoms with Crippen molar-refractivity contribution in [2.45, 2.75) is 19.0 Å². The number of para-hydroxylation sites is 1. The predicted octanol–water partition coefficient (Wildman–Crippen LogP) is 9.17. The lowest BCUT2D eigenvalue weighted by Gasteiger charge is -1.93. The maximum Gasteiger partial charge on any atom is 0.245 e. The molecule has 0 fully saturated rings. The van der Waals surface area contributed by atoms with Crippen LogP contribution < -0.4 is 0 Å². The molecule has 0 amide bonds. The predicted molar refractivity (Wildman–Crippen MR) is 160 cm³/mol. The Balaban J connectivity index is -0.000000111. The van der Waals surface area contributed by atoms with Gasteiger partial charge in [0.05, 0.1) is 0 Å². The van der Waals surface area contributed by atoms with Crippen LogP contribution in [0.1, 0.15) is 0 Å². The highest BCUT2D eigenvalue weighted by atomic mass is 35.6. The number of phenolic OH excluding ortho intramolecular Hbond substituents is 1. The molecular formula is C16H11Cl15O6. The number of carbonyl (C=O) groups excluding carboxylic acids is 5. The first kappa shape index (κ1) is 48.5. The lowest BCUT2D eigenvalue weighted by molar-refractivity contribution is -0.107. The van der Waals surface area contributed by atoms with E-state index in [1.165, 1.54) is 0 Å². The number of alkyl halides is 15. The molecule has 0 unspecified atom stereocenters. The van der Waals surface area contributed by atoms with Crippen LogP contribution in [0.4, 0.5) is 0 Å². The topological polar surface area (TPSA) is 106 Å². The van der Waals surface area contributed by atoms with E-state index in [1.54, 1.807) is 24.3 Å². The zero-order valence-electron chi connectivity index (χ0n) is 16.9. The van der Waals surface area contributed by atoms with E-state index in [4.69, 9.17) is 179 Å². The Morgan fingerprint density at radius 1 is 0.405 bits per heavy atom. The third-order valence-corrected chi connectivity index (χ3v) is 2.76. The Kier molecular flexibility index (Phi) is 33.3. The molecule has 0 saturated carbocycles. The van der Waals surface area contributed by atoms with Gasteiger partial charge in [-0.2, -0.15) is 0 Å². The number of phenols is 1. The summed E-state index contributed by atoms with van der Waals surface area (Å²) in [7, 11) is 0. The summed E-state index contributed by atoms with van der Waals surface area (Å²) in [6, 6.07) is 8.71. The summed E-state index contributed by atoms with van der Waals surface area (Å²) in [4.78, 5) is 47.2. The molecule has 0 bridgehead atoms. The van der Waals surface area contributed by atoms with E-state index in [1.807, 2.05) is 6.07 Å². The fraction of sp³-hybridized carbons (Fsp3) is 0.312. The third-order valence-electron chi connectivity index (χ3n) is 1.42. The van der Waals surface area contributed by atoms with Gasteiger partial charge in [-0.3, -0.25) is 24.0 Å². The molecule has 0 aliphatic carbocycles. The number of rotatable bonds is 0. The fourth-order valence-electron chi connectivity index (χ4n) is 0.428. The molecule has 0 radical (unpaired) electrons. The van der Waals surface area contributed by atoms with Crippen LogP contribution in [0.2, 0.25) is 0 Å². The van der Waals surface area contributed by atoms with Gasteiger partial charge in [-0.05, 0) is 12.1 Å². The Hall–Kier alpha value is 1.72. The van der Waals surface area contributed by atoms with E-state index < -0.39 is 19.0 Å². The minimum Gasteiger partial charge on any atom is -0.508 e. The van der Waals surface area contributed by atoms with Crippen molar-refractivity contribution in [1.29, 1.82) is 0 Å². The van der Waals surface area contributed by atoms with Gasteiger partial charge < -0.3 is 5.11 Å². The van der Waals surface area contributed by atoms with Crippen LogP contribution in [-0.4, -0.2) is 55.5 Å². The molecule has 37 heavy (non-hydrogen) atoms. The molecule has 0 aromatic heterocycles. The average Bonchev–Trinajstić information content (AvgIpc) is 2.74. The second-order valence-electron chi connectivity index (χ2n) is 4.63. The molecule has 0 atom stereocenters. The van der Waals surface area contributed by atoms with Gasteiger partial charge in [-0.25, -0.2) is 0 Å². The van der Waals surface area contributed by atoms with Crippen LogP contribution in [0.25, 0.3) is 0 Å². The molecule has 21 heteroatoms. The molecule has 0 aliphatic heterocycles. The quantitative estimate of drug-likeness (QED) is 0.207. The number of hydrogen-bond donors (Lipinski definition) is 1. The molecule has 1 aromatic carbocycles. The highest BCUT2D eigenvalue weighted by Gasteiger charge is 2.17. The van der Waals surface area contributed by atoms with E-state index in [9.17, 15) is 24.0 Å². The van der Waals surface area contributed by atoms with Crippen molar-refractivity contribution >= 4 is 205 Å². The van der Waals surface area contributed by atoms with Crippen molar-refractivity contribution < 1.29 is 29.1 Å². The van der Waals surface area contributed by atoms with Crippen molar-refractivity contribution in [3.05, 3.63) is 30.3 Å². The van der Waals surface area contributed by atoms with Crippen molar-refractivity contribution in [3.8, 4) is 5.75 Å². The zero-order chi connectivity index (χ0) is 31.1. The number of benzene rings is 1. The van der Waals surface area contributed by atoms with E-state index in [0.717, 1.165) is 0 Å². The third kappa shape index (κ3) is 78.8. The van der Waals surface area contributed by atoms with Gasteiger partial charge in [0.2, 0.25) is 19.0 Å². The van der Waals surface area contributed by atoms with Crippen LogP contribution >= 0.6 is 174 Å². The van der Waals surface area contributed by atoms with Gasteiger partial charge >= 0.3 is 0 Å². The molecule has 216 valence electrons. The molecule has 1 aromatic rings. The van der Waals surface area contributed by atoms with Crippen LogP contribution in [0, 0.1) is 0 Å². The fourth-order valence-corrected chi connectivity index (χ4v) is 0.428. The monoisotopic (exact) mass is 824 g/mol. The Labute approximate surface area is 286 Å². The van der Waals surface area contributed by atoms with Gasteiger partial charge in [-0.15, -0.1) is 0 Å². The Morgan fingerprint density at radius 2 is 0.541 bits per heavy atom. The van der Waals surface area contributed by atoms with Gasteiger partial charge in [0, 0.05) is 0 Å². The van der Waals surface area contributed by atoms with E-state index in [0.29, 0.717) is 5.75 Å². The summed E-state index contributed by atoms with van der Waals surface area (Å²) < 4.78 is -8.61. The molecule has 0 spiro atoms. The molecule has 0 aliphatic rings. The van der Waals surface area contributed by atoms with E-state index in [2.05, 4.69) is 0 Å². The molecule has 0 saturated heterocycles. The second kappa shape index (κ2) is 25.4. The molecule has 6 nitrogen and oxygen atoms in total. The molecular weight excluding hydrogens is 820 g/mol. The molecule has 1 N–H and O–H groups in total. The lowest BCUT2D eigenvalue weighted by Crippen LogP contribution is -2.00. The van der Waals surface area contributed by atoms with E-state index >= 15 is 0 Å². The van der Waals surface area contributed by atoms with Crippen molar-refractivity contribution in [1.82, 2.24) is 0 Å². The first-order valence-electron chi connectivity index (χ1n) is 7.59. The summed E-state index contributed by atoms with van der Waals surface area (Å²) >= 11 is 73.2. The standard InChI is InChI=1S/C6H6O.5C2HCl3O/c7-6-4-2-1-3-5-6;5*3-2(4,5)1-6/h1-5,7H;5*1H. The van der Waals surface area contributed by atoms with E-state index in [-0.39, 0.29) is 31.4 Å². The van der Waals surface area contributed by atoms with Gasteiger partial charge in [0.25, 0.3) is 0 Å². The highest BCUT2D eigenvalue weighted by Crippen LogP contribution is 2.23. The van der Waals surface area contributed by atoms with Crippen LogP contribution in [-0.2, 0) is 24.0 Å². The number of halogens is 15. The molecule has 1 rings (SSSR count). The zero-order valence-corrected chi connectivity index (χ0v) is 28.3. The van der Waals surface area contributed by atoms with Crippen molar-refractivity contribution in [2.24, 2.45) is 0 Å². The number of hydrogen-bond acceptors (Lipinski definition) is 6. The number of aromatic hydroxyl groups is 1. The van der Waals surface area contributed by atoms with Gasteiger partial charge in [-0.1, -0.05) is 192 Å². The van der Waals surface area contributed by atoms with Gasteiger partial charge in [0.15, 0.2) is 31.4 Å². The van der Waals surface area contributed by atoms with Crippen LogP contribution in [0.3, 0.4) is 0 Å². The van der Waals surface area contributed by atoms with Crippen LogP contribution in [0.15, 0.2) is 30.3 Å². The Morgan fingerprint density at radius 3 is 0.595 bits per heavy atom. The minimum absolute atomic E-state index is 0.234. The first-order chi connectivity index (χ1) is 16.2. The normalized spacial score (nSPS) is 10.7. The van der Waals surface area contributed by atoms with Crippen molar-refractivity contribution in [3.63, 3.8) is 0 Å². The smallest absolute Gasteiger partial charge is 0.245 e. The summed E-state index contributed by atoms with van der Waals surface area (Å²) in [6.45, 7) is 0. The summed E-state index contributed by atoms with van der Waals surface area (Å²) in [6.07, 6.45) is 1.17. The maximum atomic E-state index is 9.43. The van der Waals surface area contributed by atoms with Crippen LogP contribution in [0.5, 0.6) is 5.75 Å². The lowest BCUT2D eigenvalue weighted by atomic mass is 10.3. The maximum absolute atomic E-state index is 9.43. The highest BCUT2D eigenvalue weighted by molar-refractivity contribution is 6.76. The second-order valence-corrected chi connectivity index (χ2v) is 16.5. The average molecular weight is 831 g/mol. The summed E-state index contributed by atoms with van der Waals surface area (Å²) in [5.74, 6) is 0.322. The van der Waals surface area contributed by atoms with Crippen molar-refractivity contribution in [2.75, 3.05) is 0 Å². The largest absolute Gasteiger partial charge is 0.508 e. The number of aldehydes is 5.